The zero-order chi connectivity index (χ0) is 14.0. The molecule has 0 atom stereocenters. The van der Waals surface area contributed by atoms with Gasteiger partial charge in [0.2, 0.25) is 0 Å². The third-order valence-corrected chi connectivity index (χ3v) is 3.24. The summed E-state index contributed by atoms with van der Waals surface area (Å²) in [7, 11) is 0. The Bertz CT molecular complexity index is 677. The van der Waals surface area contributed by atoms with Crippen molar-refractivity contribution in [1.29, 1.82) is 0 Å². The summed E-state index contributed by atoms with van der Waals surface area (Å²) in [6.07, 6.45) is 0. The van der Waals surface area contributed by atoms with Crippen LogP contribution >= 0.6 is 23.8 Å². The van der Waals surface area contributed by atoms with E-state index < -0.39 is 5.82 Å². The van der Waals surface area contributed by atoms with E-state index in [1.54, 1.807) is 4.57 Å². The summed E-state index contributed by atoms with van der Waals surface area (Å²) in [4.78, 5) is 3.00. The number of ether oxygens (including phenoxy) is 1. The summed E-state index contributed by atoms with van der Waals surface area (Å²) in [6, 6.07) is 2.91. The molecule has 1 aromatic heterocycles. The van der Waals surface area contributed by atoms with E-state index in [2.05, 4.69) is 11.6 Å². The number of hydrogen-bond donors (Lipinski definition) is 1. The van der Waals surface area contributed by atoms with Gasteiger partial charge in [0.05, 0.1) is 29.3 Å². The average molecular weight is 301 g/mol. The fourth-order valence-electron chi connectivity index (χ4n) is 1.78. The predicted octanol–water partition coefficient (Wildman–Crippen LogP) is 4.08. The number of benzene rings is 1. The Morgan fingerprint density at radius 3 is 3.00 bits per heavy atom. The molecule has 0 amide bonds. The minimum absolute atomic E-state index is 0.0782. The number of H-pyrrole nitrogens is 1. The van der Waals surface area contributed by atoms with Crippen LogP contribution in [0, 0.1) is 10.6 Å². The monoisotopic (exact) mass is 300 g/mol. The van der Waals surface area contributed by atoms with Crippen LogP contribution < -0.4 is 0 Å². The van der Waals surface area contributed by atoms with E-state index >= 15 is 0 Å². The maximum absolute atomic E-state index is 13.5. The highest BCUT2D eigenvalue weighted by Crippen LogP contribution is 2.22. The van der Waals surface area contributed by atoms with Gasteiger partial charge in [-0.2, -0.15) is 0 Å². The van der Waals surface area contributed by atoms with Crippen LogP contribution in [0.3, 0.4) is 0 Å². The Morgan fingerprint density at radius 2 is 2.32 bits per heavy atom. The van der Waals surface area contributed by atoms with Crippen LogP contribution in [0.2, 0.25) is 5.02 Å². The molecule has 2 rings (SSSR count). The Morgan fingerprint density at radius 1 is 1.58 bits per heavy atom. The van der Waals surface area contributed by atoms with Gasteiger partial charge in [0.1, 0.15) is 5.82 Å². The van der Waals surface area contributed by atoms with Gasteiger partial charge in [0, 0.05) is 12.6 Å². The van der Waals surface area contributed by atoms with Gasteiger partial charge in [-0.3, -0.25) is 0 Å². The summed E-state index contributed by atoms with van der Waals surface area (Å²) < 4.78 is 21.2. The molecular formula is C13H14ClFN2OS. The van der Waals surface area contributed by atoms with E-state index in [4.69, 9.17) is 28.6 Å². The Hall–Kier alpha value is -1.17. The van der Waals surface area contributed by atoms with Gasteiger partial charge in [-0.25, -0.2) is 4.39 Å². The van der Waals surface area contributed by atoms with Crippen molar-refractivity contribution in [2.24, 2.45) is 0 Å². The zero-order valence-electron chi connectivity index (χ0n) is 10.5. The molecular weight excluding hydrogens is 287 g/mol. The lowest BCUT2D eigenvalue weighted by Gasteiger charge is -2.06. The normalized spacial score (nSPS) is 11.1. The van der Waals surface area contributed by atoms with Crippen LogP contribution in [0.5, 0.6) is 0 Å². The van der Waals surface area contributed by atoms with Gasteiger partial charge >= 0.3 is 0 Å². The standard InChI is InChI=1S/C13H14ClFN2OS/c1-8(2)7-18-4-3-17-12-6-10(15)9(14)5-11(12)16-13(17)19/h5-6H,1,3-4,7H2,2H3,(H,16,19). The zero-order valence-corrected chi connectivity index (χ0v) is 12.1. The highest BCUT2D eigenvalue weighted by atomic mass is 35.5. The van der Waals surface area contributed by atoms with Gasteiger partial charge in [-0.1, -0.05) is 23.8 Å². The van der Waals surface area contributed by atoms with Crippen molar-refractivity contribution in [1.82, 2.24) is 9.55 Å². The SMILES string of the molecule is C=C(C)COCCn1c(=S)[nH]c2cc(Cl)c(F)cc21. The number of aromatic amines is 1. The van der Waals surface area contributed by atoms with Gasteiger partial charge < -0.3 is 14.3 Å². The van der Waals surface area contributed by atoms with Crippen molar-refractivity contribution < 1.29 is 9.13 Å². The van der Waals surface area contributed by atoms with Crippen LogP contribution in [0.15, 0.2) is 24.3 Å². The van der Waals surface area contributed by atoms with Crippen molar-refractivity contribution in [3.63, 3.8) is 0 Å². The number of fused-ring (bicyclic) bond motifs is 1. The average Bonchev–Trinajstić information content (AvgIpc) is 2.61. The number of hydrogen-bond acceptors (Lipinski definition) is 2. The van der Waals surface area contributed by atoms with Gasteiger partial charge in [0.25, 0.3) is 0 Å². The van der Waals surface area contributed by atoms with Gasteiger partial charge in [-0.05, 0) is 25.2 Å². The molecule has 0 unspecified atom stereocenters. The second-order valence-electron chi connectivity index (χ2n) is 4.37. The fourth-order valence-corrected chi connectivity index (χ4v) is 2.24. The van der Waals surface area contributed by atoms with Crippen molar-refractivity contribution in [2.75, 3.05) is 13.2 Å². The molecule has 0 aliphatic heterocycles. The third-order valence-electron chi connectivity index (χ3n) is 2.62. The van der Waals surface area contributed by atoms with Crippen LogP contribution in [-0.4, -0.2) is 22.8 Å². The maximum atomic E-state index is 13.5. The van der Waals surface area contributed by atoms with Gasteiger partial charge in [0.15, 0.2) is 4.77 Å². The third kappa shape index (κ3) is 3.23. The molecule has 1 aromatic carbocycles. The first-order valence-electron chi connectivity index (χ1n) is 5.78. The number of nitrogens with one attached hydrogen (secondary N) is 1. The van der Waals surface area contributed by atoms with E-state index in [1.165, 1.54) is 12.1 Å². The molecule has 0 radical (unpaired) electrons. The minimum atomic E-state index is -0.459. The molecule has 0 saturated heterocycles. The van der Waals surface area contributed by atoms with Crippen LogP contribution in [0.25, 0.3) is 11.0 Å². The number of rotatable bonds is 5. The van der Waals surface area contributed by atoms with E-state index in [0.29, 0.717) is 30.0 Å². The smallest absolute Gasteiger partial charge is 0.178 e. The number of aromatic nitrogens is 2. The van der Waals surface area contributed by atoms with Crippen LogP contribution in [0.1, 0.15) is 6.92 Å². The van der Waals surface area contributed by atoms with Crippen molar-refractivity contribution in [3.8, 4) is 0 Å². The molecule has 0 fully saturated rings. The second kappa shape index (κ2) is 5.86. The molecule has 0 bridgehead atoms. The lowest BCUT2D eigenvalue weighted by Crippen LogP contribution is -2.07. The van der Waals surface area contributed by atoms with Crippen molar-refractivity contribution in [2.45, 2.75) is 13.5 Å². The van der Waals surface area contributed by atoms with E-state index in [-0.39, 0.29) is 5.02 Å². The summed E-state index contributed by atoms with van der Waals surface area (Å²) in [5, 5.41) is 0.0782. The quantitative estimate of drug-likeness (QED) is 0.512. The summed E-state index contributed by atoms with van der Waals surface area (Å²) in [5.74, 6) is -0.459. The van der Waals surface area contributed by atoms with E-state index in [9.17, 15) is 4.39 Å². The van der Waals surface area contributed by atoms with Crippen LogP contribution in [-0.2, 0) is 11.3 Å². The molecule has 102 valence electrons. The second-order valence-corrected chi connectivity index (χ2v) is 5.17. The van der Waals surface area contributed by atoms with Crippen molar-refractivity contribution >= 4 is 34.9 Å². The summed E-state index contributed by atoms with van der Waals surface area (Å²) >= 11 is 10.9. The molecule has 1 N–H and O–H groups in total. The fraction of sp³-hybridized carbons (Fsp3) is 0.308. The van der Waals surface area contributed by atoms with E-state index in [1.807, 2.05) is 6.92 Å². The molecule has 6 heteroatoms. The first-order chi connectivity index (χ1) is 8.99. The highest BCUT2D eigenvalue weighted by molar-refractivity contribution is 7.71. The predicted molar refractivity (Wildman–Crippen MR) is 77.7 cm³/mol. The Balaban J connectivity index is 2.23. The highest BCUT2D eigenvalue weighted by Gasteiger charge is 2.08. The largest absolute Gasteiger partial charge is 0.375 e. The first kappa shape index (κ1) is 14.2. The molecule has 1 heterocycles. The topological polar surface area (TPSA) is 29.9 Å². The maximum Gasteiger partial charge on any atom is 0.178 e. The number of imidazole rings is 1. The Kier molecular flexibility index (Phi) is 4.39. The van der Waals surface area contributed by atoms with E-state index in [0.717, 1.165) is 11.1 Å². The molecule has 0 aliphatic rings. The lowest BCUT2D eigenvalue weighted by atomic mass is 10.3. The first-order valence-corrected chi connectivity index (χ1v) is 6.57. The molecule has 0 spiro atoms. The van der Waals surface area contributed by atoms with Crippen molar-refractivity contribution in [3.05, 3.63) is 39.9 Å². The molecule has 0 aliphatic carbocycles. The number of halogens is 2. The molecule has 19 heavy (non-hydrogen) atoms. The molecule has 2 aromatic rings. The minimum Gasteiger partial charge on any atom is -0.375 e. The van der Waals surface area contributed by atoms with Gasteiger partial charge in [-0.15, -0.1) is 0 Å². The molecule has 3 nitrogen and oxygen atoms in total. The van der Waals surface area contributed by atoms with Crippen LogP contribution in [0.4, 0.5) is 4.39 Å². The lowest BCUT2D eigenvalue weighted by molar-refractivity contribution is 0.148. The number of nitrogens with zero attached hydrogens (tertiary/aromatic N) is 1. The Labute approximate surface area is 120 Å². The molecule has 0 saturated carbocycles. The summed E-state index contributed by atoms with van der Waals surface area (Å²) in [5.41, 5.74) is 2.36. The summed E-state index contributed by atoms with van der Waals surface area (Å²) in [6.45, 7) is 7.20.